The van der Waals surface area contributed by atoms with Gasteiger partial charge >= 0.3 is 0 Å². The number of amides is 1. The molecule has 7 nitrogen and oxygen atoms in total. The monoisotopic (exact) mass is 441 g/mol. The van der Waals surface area contributed by atoms with E-state index < -0.39 is 0 Å². The van der Waals surface area contributed by atoms with E-state index in [0.717, 1.165) is 48.3 Å². The number of ether oxygens (including phenoxy) is 1. The van der Waals surface area contributed by atoms with Crippen LogP contribution in [-0.4, -0.2) is 57.6 Å². The maximum Gasteiger partial charge on any atom is 0.233 e. The quantitative estimate of drug-likeness (QED) is 0.550. The maximum atomic E-state index is 13.1. The highest BCUT2D eigenvalue weighted by atomic mass is 32.2. The molecule has 2 aliphatic carbocycles. The summed E-state index contributed by atoms with van der Waals surface area (Å²) in [7, 11) is 1.67. The number of nitrogens with zero attached hydrogens (tertiary/aromatic N) is 5. The fraction of sp³-hybridized carbons (Fsp3) is 0.609. The summed E-state index contributed by atoms with van der Waals surface area (Å²) in [6.45, 7) is 2.78. The summed E-state index contributed by atoms with van der Waals surface area (Å²) in [5.41, 5.74) is 1.14. The van der Waals surface area contributed by atoms with Crippen molar-refractivity contribution in [2.45, 2.75) is 68.7 Å². The van der Waals surface area contributed by atoms with Crippen LogP contribution in [0.4, 0.5) is 5.95 Å². The van der Waals surface area contributed by atoms with Gasteiger partial charge in [0.15, 0.2) is 5.16 Å². The van der Waals surface area contributed by atoms with Gasteiger partial charge in [0, 0.05) is 31.7 Å². The minimum Gasteiger partial charge on any atom is -0.497 e. The third-order valence-corrected chi connectivity index (χ3v) is 7.27. The molecule has 1 aromatic carbocycles. The van der Waals surface area contributed by atoms with Gasteiger partial charge in [-0.1, -0.05) is 23.9 Å². The van der Waals surface area contributed by atoms with Crippen molar-refractivity contribution in [1.29, 1.82) is 0 Å². The molecular weight excluding hydrogens is 410 g/mol. The first kappa shape index (κ1) is 20.7. The summed E-state index contributed by atoms with van der Waals surface area (Å²) in [6.07, 6.45) is 8.32. The molecule has 3 fully saturated rings. The van der Waals surface area contributed by atoms with Crippen LogP contribution in [0.3, 0.4) is 0 Å². The molecule has 0 spiro atoms. The number of rotatable bonds is 9. The van der Waals surface area contributed by atoms with Gasteiger partial charge in [0.25, 0.3) is 0 Å². The van der Waals surface area contributed by atoms with Gasteiger partial charge < -0.3 is 14.5 Å². The third kappa shape index (κ3) is 4.84. The second-order valence-corrected chi connectivity index (χ2v) is 9.76. The van der Waals surface area contributed by atoms with Gasteiger partial charge in [0.2, 0.25) is 11.9 Å². The maximum absolute atomic E-state index is 13.1. The van der Waals surface area contributed by atoms with Crippen LogP contribution >= 0.6 is 11.8 Å². The van der Waals surface area contributed by atoms with E-state index in [1.165, 1.54) is 32.1 Å². The number of carbonyl (C=O) groups excluding carboxylic acids is 1. The molecule has 0 unspecified atom stereocenters. The highest BCUT2D eigenvalue weighted by Crippen LogP contribution is 2.41. The Morgan fingerprint density at radius 2 is 1.84 bits per heavy atom. The molecule has 1 aliphatic heterocycles. The van der Waals surface area contributed by atoms with Gasteiger partial charge in [-0.3, -0.25) is 9.36 Å². The number of methoxy groups -OCH3 is 1. The number of thioether (sulfide) groups is 1. The second-order valence-electron chi connectivity index (χ2n) is 8.82. The zero-order valence-electron chi connectivity index (χ0n) is 18.2. The molecule has 0 radical (unpaired) electrons. The van der Waals surface area contributed by atoms with Gasteiger partial charge in [-0.15, -0.1) is 10.2 Å². The van der Waals surface area contributed by atoms with Crippen molar-refractivity contribution in [2.24, 2.45) is 0 Å². The van der Waals surface area contributed by atoms with Crippen LogP contribution in [0.2, 0.25) is 0 Å². The van der Waals surface area contributed by atoms with Crippen LogP contribution in [0, 0.1) is 0 Å². The molecule has 0 bridgehead atoms. The molecule has 0 N–H and O–H groups in total. The number of carbonyl (C=O) groups is 1. The molecular formula is C23H31N5O2S. The van der Waals surface area contributed by atoms with Crippen molar-refractivity contribution in [3.8, 4) is 5.75 Å². The van der Waals surface area contributed by atoms with E-state index in [0.29, 0.717) is 24.4 Å². The lowest BCUT2D eigenvalue weighted by Gasteiger charge is -2.28. The molecule has 3 aliphatic rings. The standard InChI is InChI=1S/C23H31N5O2S/c1-30-20-11-5-17(6-12-20)15-27(18-7-8-18)21(29)16-31-23-25-24-22(28(23)19-9-10-19)26-13-3-2-4-14-26/h5-6,11-12,18-19H,2-4,7-10,13-16H2,1H3. The Kier molecular flexibility index (Phi) is 6.07. The first-order valence-corrected chi connectivity index (χ1v) is 12.5. The predicted molar refractivity (Wildman–Crippen MR) is 122 cm³/mol. The summed E-state index contributed by atoms with van der Waals surface area (Å²) in [5, 5.41) is 9.93. The number of hydrogen-bond acceptors (Lipinski definition) is 6. The van der Waals surface area contributed by atoms with E-state index in [1.54, 1.807) is 18.9 Å². The fourth-order valence-electron chi connectivity index (χ4n) is 4.27. The second kappa shape index (κ2) is 9.10. The molecule has 5 rings (SSSR count). The van der Waals surface area contributed by atoms with Crippen molar-refractivity contribution < 1.29 is 9.53 Å². The Balaban J connectivity index is 1.25. The van der Waals surface area contributed by atoms with E-state index in [2.05, 4.69) is 19.7 Å². The number of anilines is 1. The average molecular weight is 442 g/mol. The average Bonchev–Trinajstić information content (AvgIpc) is 3.75. The summed E-state index contributed by atoms with van der Waals surface area (Å²) in [6, 6.07) is 8.88. The lowest BCUT2D eigenvalue weighted by Crippen LogP contribution is -2.34. The first-order chi connectivity index (χ1) is 15.2. The van der Waals surface area contributed by atoms with Gasteiger partial charge in [-0.2, -0.15) is 0 Å². The van der Waals surface area contributed by atoms with Gasteiger partial charge in [-0.05, 0) is 62.6 Å². The van der Waals surface area contributed by atoms with Crippen molar-refractivity contribution in [2.75, 3.05) is 30.9 Å². The highest BCUT2D eigenvalue weighted by molar-refractivity contribution is 7.99. The van der Waals surface area contributed by atoms with Crippen LogP contribution in [0.5, 0.6) is 5.75 Å². The van der Waals surface area contributed by atoms with E-state index >= 15 is 0 Å². The molecule has 2 aromatic rings. The molecule has 8 heteroatoms. The molecule has 2 heterocycles. The van der Waals surface area contributed by atoms with Crippen LogP contribution in [0.25, 0.3) is 0 Å². The number of hydrogen-bond donors (Lipinski definition) is 0. The Bertz CT molecular complexity index is 901. The van der Waals surface area contributed by atoms with Crippen LogP contribution in [-0.2, 0) is 11.3 Å². The lowest BCUT2D eigenvalue weighted by atomic mass is 10.1. The fourth-order valence-corrected chi connectivity index (χ4v) is 5.16. The Hall–Kier alpha value is -2.22. The van der Waals surface area contributed by atoms with Gasteiger partial charge in [-0.25, -0.2) is 0 Å². The largest absolute Gasteiger partial charge is 0.497 e. The summed E-state index contributed by atoms with van der Waals surface area (Å²) in [5.74, 6) is 2.45. The first-order valence-electron chi connectivity index (χ1n) is 11.5. The zero-order chi connectivity index (χ0) is 21.2. The lowest BCUT2D eigenvalue weighted by molar-refractivity contribution is -0.129. The number of piperidine rings is 1. The molecule has 1 saturated heterocycles. The van der Waals surface area contributed by atoms with Crippen LogP contribution < -0.4 is 9.64 Å². The predicted octanol–water partition coefficient (Wildman–Crippen LogP) is 3.90. The summed E-state index contributed by atoms with van der Waals surface area (Å²) in [4.78, 5) is 17.6. The molecule has 1 aromatic heterocycles. The number of aromatic nitrogens is 3. The van der Waals surface area contributed by atoms with Gasteiger partial charge in [0.1, 0.15) is 5.75 Å². The van der Waals surface area contributed by atoms with Crippen LogP contribution in [0.1, 0.15) is 56.6 Å². The van der Waals surface area contributed by atoms with Crippen molar-refractivity contribution in [3.05, 3.63) is 29.8 Å². The van der Waals surface area contributed by atoms with Crippen molar-refractivity contribution in [3.63, 3.8) is 0 Å². The van der Waals surface area contributed by atoms with Crippen LogP contribution in [0.15, 0.2) is 29.4 Å². The Morgan fingerprint density at radius 3 is 2.48 bits per heavy atom. The third-order valence-electron chi connectivity index (χ3n) is 6.34. The zero-order valence-corrected chi connectivity index (χ0v) is 19.0. The normalized spacial score (nSPS) is 18.8. The minimum absolute atomic E-state index is 0.188. The van der Waals surface area contributed by atoms with E-state index in [4.69, 9.17) is 4.74 Å². The molecule has 0 atom stereocenters. The minimum atomic E-state index is 0.188. The topological polar surface area (TPSA) is 63.5 Å². The molecule has 1 amide bonds. The summed E-state index contributed by atoms with van der Waals surface area (Å²) >= 11 is 1.55. The SMILES string of the molecule is COc1ccc(CN(C(=O)CSc2nnc(N3CCCCC3)n2C2CC2)C2CC2)cc1. The molecule has 31 heavy (non-hydrogen) atoms. The molecule has 2 saturated carbocycles. The van der Waals surface area contributed by atoms with Crippen molar-refractivity contribution >= 4 is 23.6 Å². The van der Waals surface area contributed by atoms with Crippen molar-refractivity contribution in [1.82, 2.24) is 19.7 Å². The highest BCUT2D eigenvalue weighted by Gasteiger charge is 2.34. The smallest absolute Gasteiger partial charge is 0.233 e. The van der Waals surface area contributed by atoms with E-state index in [-0.39, 0.29) is 5.91 Å². The Labute approximate surface area is 188 Å². The van der Waals surface area contributed by atoms with Gasteiger partial charge in [0.05, 0.1) is 12.9 Å². The Morgan fingerprint density at radius 1 is 1.10 bits per heavy atom. The summed E-state index contributed by atoms with van der Waals surface area (Å²) < 4.78 is 7.55. The molecule has 166 valence electrons. The van der Waals surface area contributed by atoms with E-state index in [9.17, 15) is 4.79 Å². The number of benzene rings is 1. The van der Waals surface area contributed by atoms with E-state index in [1.807, 2.05) is 29.2 Å².